The Morgan fingerprint density at radius 2 is 2.25 bits per heavy atom. The van der Waals surface area contributed by atoms with E-state index in [4.69, 9.17) is 5.73 Å². The van der Waals surface area contributed by atoms with Gasteiger partial charge in [0.2, 0.25) is 11.8 Å². The molecule has 1 aliphatic carbocycles. The van der Waals surface area contributed by atoms with Crippen molar-refractivity contribution < 1.29 is 9.59 Å². The molecule has 2 aromatic heterocycles. The van der Waals surface area contributed by atoms with Crippen molar-refractivity contribution in [3.63, 3.8) is 0 Å². The molecule has 0 spiro atoms. The molecule has 2 heterocycles. The number of aromatic nitrogens is 4. The van der Waals surface area contributed by atoms with Gasteiger partial charge in [0.05, 0.1) is 5.69 Å². The predicted molar refractivity (Wildman–Crippen MR) is 91.8 cm³/mol. The van der Waals surface area contributed by atoms with Crippen molar-refractivity contribution >= 4 is 40.0 Å². The van der Waals surface area contributed by atoms with Crippen LogP contribution in [0.25, 0.3) is 0 Å². The third-order valence-corrected chi connectivity index (χ3v) is 5.26. The summed E-state index contributed by atoms with van der Waals surface area (Å²) >= 11 is 2.91. The molecule has 1 fully saturated rings. The molecule has 8 nitrogen and oxygen atoms in total. The van der Waals surface area contributed by atoms with Crippen molar-refractivity contribution in [3.8, 4) is 0 Å². The number of anilines is 1. The highest BCUT2D eigenvalue weighted by Gasteiger charge is 2.30. The molecule has 2 amide bonds. The fourth-order valence-corrected chi connectivity index (χ4v) is 3.93. The SMILES string of the molecule is CC(=O)Nc1nc(CSc2nnc(C3CC3)n2CCC(N)=O)cs1. The molecule has 0 atom stereocenters. The Balaban J connectivity index is 1.66. The van der Waals surface area contributed by atoms with Gasteiger partial charge in [-0.15, -0.1) is 21.5 Å². The van der Waals surface area contributed by atoms with Gasteiger partial charge in [-0.3, -0.25) is 9.59 Å². The van der Waals surface area contributed by atoms with Crippen molar-refractivity contribution in [2.45, 2.75) is 49.6 Å². The minimum atomic E-state index is -0.333. The molecule has 128 valence electrons. The maximum absolute atomic E-state index is 11.1. The van der Waals surface area contributed by atoms with Gasteiger partial charge in [0.1, 0.15) is 5.82 Å². The van der Waals surface area contributed by atoms with E-state index in [9.17, 15) is 9.59 Å². The third kappa shape index (κ3) is 4.32. The van der Waals surface area contributed by atoms with Crippen molar-refractivity contribution in [1.82, 2.24) is 19.7 Å². The average molecular weight is 366 g/mol. The average Bonchev–Trinajstić information content (AvgIpc) is 3.13. The van der Waals surface area contributed by atoms with Gasteiger partial charge in [-0.1, -0.05) is 11.8 Å². The highest BCUT2D eigenvalue weighted by molar-refractivity contribution is 7.98. The first-order chi connectivity index (χ1) is 11.5. The van der Waals surface area contributed by atoms with E-state index >= 15 is 0 Å². The quantitative estimate of drug-likeness (QED) is 0.688. The molecule has 0 aromatic carbocycles. The van der Waals surface area contributed by atoms with E-state index in [0.29, 0.717) is 23.3 Å². The lowest BCUT2D eigenvalue weighted by Gasteiger charge is -2.08. The molecule has 3 N–H and O–H groups in total. The first kappa shape index (κ1) is 16.9. The number of nitrogens with one attached hydrogen (secondary N) is 1. The Labute approximate surface area is 147 Å². The summed E-state index contributed by atoms with van der Waals surface area (Å²) in [5.41, 5.74) is 6.13. The van der Waals surface area contributed by atoms with Gasteiger partial charge in [0.25, 0.3) is 0 Å². The Kier molecular flexibility index (Phi) is 5.14. The van der Waals surface area contributed by atoms with Crippen LogP contribution in [-0.4, -0.2) is 31.6 Å². The van der Waals surface area contributed by atoms with Crippen molar-refractivity contribution in [1.29, 1.82) is 0 Å². The summed E-state index contributed by atoms with van der Waals surface area (Å²) in [6.45, 7) is 1.96. The Morgan fingerprint density at radius 1 is 1.46 bits per heavy atom. The lowest BCUT2D eigenvalue weighted by Crippen LogP contribution is -2.15. The summed E-state index contributed by atoms with van der Waals surface area (Å²) in [6.07, 6.45) is 2.51. The van der Waals surface area contributed by atoms with E-state index < -0.39 is 0 Å². The maximum atomic E-state index is 11.1. The van der Waals surface area contributed by atoms with Gasteiger partial charge in [0.15, 0.2) is 10.3 Å². The number of thiazole rings is 1. The molecule has 0 aliphatic heterocycles. The molecule has 10 heteroatoms. The maximum Gasteiger partial charge on any atom is 0.223 e. The number of nitrogens with zero attached hydrogens (tertiary/aromatic N) is 4. The van der Waals surface area contributed by atoms with Gasteiger partial charge in [-0.2, -0.15) is 0 Å². The van der Waals surface area contributed by atoms with E-state index in [-0.39, 0.29) is 18.2 Å². The van der Waals surface area contributed by atoms with E-state index in [1.807, 2.05) is 9.95 Å². The third-order valence-electron chi connectivity index (χ3n) is 3.45. The summed E-state index contributed by atoms with van der Waals surface area (Å²) in [4.78, 5) is 26.5. The Morgan fingerprint density at radius 3 is 2.92 bits per heavy atom. The number of hydrogen-bond donors (Lipinski definition) is 2. The van der Waals surface area contributed by atoms with Crippen LogP contribution in [0.3, 0.4) is 0 Å². The van der Waals surface area contributed by atoms with Crippen LogP contribution in [0.4, 0.5) is 5.13 Å². The molecule has 0 unspecified atom stereocenters. The Hall–Kier alpha value is -1.94. The second-order valence-corrected chi connectivity index (χ2v) is 7.40. The molecule has 24 heavy (non-hydrogen) atoms. The van der Waals surface area contributed by atoms with Gasteiger partial charge in [0, 0.05) is 36.9 Å². The number of rotatable bonds is 8. The number of carbonyl (C=O) groups is 2. The Bertz CT molecular complexity index is 752. The molecule has 1 aliphatic rings. The van der Waals surface area contributed by atoms with E-state index in [2.05, 4.69) is 20.5 Å². The van der Waals surface area contributed by atoms with Crippen LogP contribution < -0.4 is 11.1 Å². The largest absolute Gasteiger partial charge is 0.370 e. The molecule has 0 saturated heterocycles. The second kappa shape index (κ2) is 7.31. The molecule has 0 bridgehead atoms. The minimum Gasteiger partial charge on any atom is -0.370 e. The number of primary amides is 1. The molecule has 3 rings (SSSR count). The van der Waals surface area contributed by atoms with Gasteiger partial charge < -0.3 is 15.6 Å². The number of thioether (sulfide) groups is 1. The fraction of sp³-hybridized carbons (Fsp3) is 0.500. The zero-order valence-corrected chi connectivity index (χ0v) is 14.8. The monoisotopic (exact) mass is 366 g/mol. The van der Waals surface area contributed by atoms with Crippen LogP contribution in [0.5, 0.6) is 0 Å². The summed E-state index contributed by atoms with van der Waals surface area (Å²) in [5.74, 6) is 1.54. The zero-order chi connectivity index (χ0) is 17.1. The highest BCUT2D eigenvalue weighted by atomic mass is 32.2. The summed E-state index contributed by atoms with van der Waals surface area (Å²) in [6, 6.07) is 0. The minimum absolute atomic E-state index is 0.135. The summed E-state index contributed by atoms with van der Waals surface area (Å²) < 4.78 is 1.99. The fourth-order valence-electron chi connectivity index (χ4n) is 2.20. The second-order valence-electron chi connectivity index (χ2n) is 5.60. The van der Waals surface area contributed by atoms with Gasteiger partial charge in [-0.05, 0) is 12.8 Å². The number of nitrogens with two attached hydrogens (primary N) is 1. The number of carbonyl (C=O) groups excluding carboxylic acids is 2. The molecular weight excluding hydrogens is 348 g/mol. The standard InChI is InChI=1S/C14H18N6O2S2/c1-8(21)16-13-17-10(6-23-13)7-24-14-19-18-12(9-2-3-9)20(14)5-4-11(15)22/h6,9H,2-5,7H2,1H3,(H2,15,22)(H,16,17,21). The van der Waals surface area contributed by atoms with Crippen molar-refractivity contribution in [3.05, 3.63) is 16.9 Å². The molecule has 0 radical (unpaired) electrons. The van der Waals surface area contributed by atoms with Gasteiger partial charge in [-0.25, -0.2) is 4.98 Å². The lowest BCUT2D eigenvalue weighted by molar-refractivity contribution is -0.118. The zero-order valence-electron chi connectivity index (χ0n) is 13.2. The molecule has 1 saturated carbocycles. The van der Waals surface area contributed by atoms with Crippen LogP contribution in [0, 0.1) is 0 Å². The van der Waals surface area contributed by atoms with Crippen LogP contribution in [-0.2, 0) is 21.9 Å². The van der Waals surface area contributed by atoms with Crippen LogP contribution in [0.1, 0.15) is 43.6 Å². The smallest absolute Gasteiger partial charge is 0.223 e. The topological polar surface area (TPSA) is 116 Å². The highest BCUT2D eigenvalue weighted by Crippen LogP contribution is 2.40. The first-order valence-electron chi connectivity index (χ1n) is 7.59. The first-order valence-corrected chi connectivity index (χ1v) is 9.45. The van der Waals surface area contributed by atoms with E-state index in [1.54, 1.807) is 0 Å². The van der Waals surface area contributed by atoms with Gasteiger partial charge >= 0.3 is 0 Å². The van der Waals surface area contributed by atoms with E-state index in [1.165, 1.54) is 30.0 Å². The molecule has 2 aromatic rings. The van der Waals surface area contributed by atoms with Crippen LogP contribution >= 0.6 is 23.1 Å². The summed E-state index contributed by atoms with van der Waals surface area (Å²) in [7, 11) is 0. The van der Waals surface area contributed by atoms with E-state index in [0.717, 1.165) is 29.5 Å². The number of hydrogen-bond acceptors (Lipinski definition) is 7. The number of amides is 2. The summed E-state index contributed by atoms with van der Waals surface area (Å²) in [5, 5.41) is 14.5. The normalized spacial score (nSPS) is 13.9. The van der Waals surface area contributed by atoms with Crippen LogP contribution in [0.2, 0.25) is 0 Å². The lowest BCUT2D eigenvalue weighted by atomic mass is 10.3. The van der Waals surface area contributed by atoms with Crippen molar-refractivity contribution in [2.24, 2.45) is 5.73 Å². The molecular formula is C14H18N6O2S2. The predicted octanol–water partition coefficient (Wildman–Crippen LogP) is 1.74. The van der Waals surface area contributed by atoms with Crippen LogP contribution in [0.15, 0.2) is 10.5 Å². The van der Waals surface area contributed by atoms with Crippen molar-refractivity contribution in [2.75, 3.05) is 5.32 Å².